The summed E-state index contributed by atoms with van der Waals surface area (Å²) in [6, 6.07) is 1.75. The summed E-state index contributed by atoms with van der Waals surface area (Å²) >= 11 is 0. The van der Waals surface area contributed by atoms with Crippen molar-refractivity contribution in [2.75, 3.05) is 13.1 Å². The molecule has 1 aromatic rings. The van der Waals surface area contributed by atoms with Crippen molar-refractivity contribution in [1.82, 2.24) is 15.8 Å². The maximum Gasteiger partial charge on any atom is 0.224 e. The molecule has 0 unspecified atom stereocenters. The lowest BCUT2D eigenvalue weighted by atomic mass is 9.99. The zero-order valence-corrected chi connectivity index (χ0v) is 8.53. The highest BCUT2D eigenvalue weighted by atomic mass is 16.5. The standard InChI is InChI=1S/C10H15N3O2/c14-10(8-2-1-4-11-6-8)12-7-9-3-5-15-13-9/h3,5,8,11H,1-2,4,6-7H2,(H,12,14)/t8-/m1/s1. The number of amides is 1. The van der Waals surface area contributed by atoms with Gasteiger partial charge in [-0.05, 0) is 19.4 Å². The normalized spacial score (nSPS) is 21.2. The van der Waals surface area contributed by atoms with Crippen LogP contribution in [0.5, 0.6) is 0 Å². The Labute approximate surface area is 88.2 Å². The summed E-state index contributed by atoms with van der Waals surface area (Å²) in [6.07, 6.45) is 3.54. The molecule has 15 heavy (non-hydrogen) atoms. The fourth-order valence-electron chi connectivity index (χ4n) is 1.73. The number of piperidine rings is 1. The number of carbonyl (C=O) groups is 1. The number of nitrogens with zero attached hydrogens (tertiary/aromatic N) is 1. The van der Waals surface area contributed by atoms with Crippen LogP contribution in [0.3, 0.4) is 0 Å². The van der Waals surface area contributed by atoms with Gasteiger partial charge in [0.25, 0.3) is 0 Å². The molecule has 1 aromatic heterocycles. The van der Waals surface area contributed by atoms with Gasteiger partial charge in [-0.15, -0.1) is 0 Å². The average Bonchev–Trinajstić information content (AvgIpc) is 2.80. The molecule has 1 fully saturated rings. The van der Waals surface area contributed by atoms with Crippen LogP contribution in [0.4, 0.5) is 0 Å². The average molecular weight is 209 g/mol. The molecule has 82 valence electrons. The Hall–Kier alpha value is -1.36. The van der Waals surface area contributed by atoms with Crippen molar-refractivity contribution in [3.63, 3.8) is 0 Å². The molecule has 0 radical (unpaired) electrons. The zero-order chi connectivity index (χ0) is 10.5. The van der Waals surface area contributed by atoms with E-state index in [9.17, 15) is 4.79 Å². The summed E-state index contributed by atoms with van der Waals surface area (Å²) < 4.78 is 4.68. The molecule has 0 aromatic carbocycles. The van der Waals surface area contributed by atoms with Gasteiger partial charge in [0.15, 0.2) is 0 Å². The lowest BCUT2D eigenvalue weighted by Crippen LogP contribution is -2.40. The van der Waals surface area contributed by atoms with Crippen LogP contribution in [-0.2, 0) is 11.3 Å². The minimum atomic E-state index is 0.102. The van der Waals surface area contributed by atoms with Crippen molar-refractivity contribution >= 4 is 5.91 Å². The molecule has 0 aliphatic carbocycles. The third-order valence-corrected chi connectivity index (χ3v) is 2.60. The summed E-state index contributed by atoms with van der Waals surface area (Å²) in [6.45, 7) is 2.25. The van der Waals surface area contributed by atoms with E-state index in [1.165, 1.54) is 6.26 Å². The molecule has 1 amide bonds. The molecule has 1 saturated heterocycles. The van der Waals surface area contributed by atoms with E-state index in [-0.39, 0.29) is 11.8 Å². The maximum atomic E-state index is 11.7. The van der Waals surface area contributed by atoms with Gasteiger partial charge in [-0.3, -0.25) is 4.79 Å². The number of nitrogens with one attached hydrogen (secondary N) is 2. The Kier molecular flexibility index (Phi) is 3.34. The molecule has 1 aliphatic heterocycles. The number of rotatable bonds is 3. The number of hydrogen-bond acceptors (Lipinski definition) is 4. The van der Waals surface area contributed by atoms with Crippen molar-refractivity contribution in [3.8, 4) is 0 Å². The predicted molar refractivity (Wildman–Crippen MR) is 53.9 cm³/mol. The highest BCUT2D eigenvalue weighted by Crippen LogP contribution is 2.09. The molecule has 0 spiro atoms. The van der Waals surface area contributed by atoms with Crippen molar-refractivity contribution in [3.05, 3.63) is 18.0 Å². The Bertz CT molecular complexity index is 304. The van der Waals surface area contributed by atoms with E-state index in [0.717, 1.165) is 31.6 Å². The van der Waals surface area contributed by atoms with E-state index in [4.69, 9.17) is 0 Å². The summed E-state index contributed by atoms with van der Waals surface area (Å²) in [4.78, 5) is 11.7. The highest BCUT2D eigenvalue weighted by Gasteiger charge is 2.20. The fourth-order valence-corrected chi connectivity index (χ4v) is 1.73. The van der Waals surface area contributed by atoms with Gasteiger partial charge in [-0.1, -0.05) is 5.16 Å². The Morgan fingerprint density at radius 3 is 3.33 bits per heavy atom. The molecule has 0 saturated carbocycles. The first-order chi connectivity index (χ1) is 7.36. The molecular weight excluding hydrogens is 194 g/mol. The van der Waals surface area contributed by atoms with Crippen LogP contribution in [0.1, 0.15) is 18.5 Å². The number of hydrogen-bond donors (Lipinski definition) is 2. The van der Waals surface area contributed by atoms with Gasteiger partial charge in [0.05, 0.1) is 12.5 Å². The van der Waals surface area contributed by atoms with Gasteiger partial charge in [0, 0.05) is 12.6 Å². The van der Waals surface area contributed by atoms with Crippen LogP contribution >= 0.6 is 0 Å². The molecule has 0 bridgehead atoms. The molecule has 2 heterocycles. The number of carbonyl (C=O) groups excluding carboxylic acids is 1. The molecule has 5 heteroatoms. The van der Waals surface area contributed by atoms with Gasteiger partial charge in [-0.2, -0.15) is 0 Å². The summed E-state index contributed by atoms with van der Waals surface area (Å²) in [5, 5.41) is 9.80. The van der Waals surface area contributed by atoms with Crippen LogP contribution in [0, 0.1) is 5.92 Å². The van der Waals surface area contributed by atoms with Crippen molar-refractivity contribution < 1.29 is 9.32 Å². The van der Waals surface area contributed by atoms with Crippen LogP contribution in [-0.4, -0.2) is 24.2 Å². The van der Waals surface area contributed by atoms with Crippen LogP contribution in [0.2, 0.25) is 0 Å². The second-order valence-electron chi connectivity index (χ2n) is 3.75. The van der Waals surface area contributed by atoms with E-state index in [1.807, 2.05) is 0 Å². The molecule has 5 nitrogen and oxygen atoms in total. The molecular formula is C10H15N3O2. The zero-order valence-electron chi connectivity index (χ0n) is 8.53. The van der Waals surface area contributed by atoms with E-state index >= 15 is 0 Å². The van der Waals surface area contributed by atoms with Gasteiger partial charge < -0.3 is 15.2 Å². The Morgan fingerprint density at radius 1 is 1.73 bits per heavy atom. The van der Waals surface area contributed by atoms with Crippen LogP contribution in [0.15, 0.2) is 16.9 Å². The highest BCUT2D eigenvalue weighted by molar-refractivity contribution is 5.78. The first-order valence-electron chi connectivity index (χ1n) is 5.24. The molecule has 2 N–H and O–H groups in total. The number of aromatic nitrogens is 1. The maximum absolute atomic E-state index is 11.7. The third-order valence-electron chi connectivity index (χ3n) is 2.60. The monoisotopic (exact) mass is 209 g/mol. The van der Waals surface area contributed by atoms with Gasteiger partial charge in [-0.25, -0.2) is 0 Å². The Balaban J connectivity index is 1.76. The van der Waals surface area contributed by atoms with Gasteiger partial charge in [0.2, 0.25) is 5.91 Å². The fraction of sp³-hybridized carbons (Fsp3) is 0.600. The summed E-state index contributed by atoms with van der Waals surface area (Å²) in [5.41, 5.74) is 0.757. The predicted octanol–water partition coefficient (Wildman–Crippen LogP) is 0.290. The van der Waals surface area contributed by atoms with Crippen molar-refractivity contribution in [1.29, 1.82) is 0 Å². The minimum Gasteiger partial charge on any atom is -0.364 e. The summed E-state index contributed by atoms with van der Waals surface area (Å²) in [5.74, 6) is 0.204. The molecule has 1 aliphatic rings. The van der Waals surface area contributed by atoms with Crippen LogP contribution in [0.25, 0.3) is 0 Å². The smallest absolute Gasteiger partial charge is 0.224 e. The van der Waals surface area contributed by atoms with E-state index in [1.54, 1.807) is 6.07 Å². The quantitative estimate of drug-likeness (QED) is 0.751. The first-order valence-corrected chi connectivity index (χ1v) is 5.24. The second-order valence-corrected chi connectivity index (χ2v) is 3.75. The van der Waals surface area contributed by atoms with Crippen LogP contribution < -0.4 is 10.6 Å². The second kappa shape index (κ2) is 4.93. The van der Waals surface area contributed by atoms with Gasteiger partial charge >= 0.3 is 0 Å². The first kappa shape index (κ1) is 10.2. The minimum absolute atomic E-state index is 0.102. The van der Waals surface area contributed by atoms with E-state index in [0.29, 0.717) is 6.54 Å². The topological polar surface area (TPSA) is 67.2 Å². The van der Waals surface area contributed by atoms with E-state index in [2.05, 4.69) is 20.3 Å². The molecule has 2 rings (SSSR count). The lowest BCUT2D eigenvalue weighted by molar-refractivity contribution is -0.125. The Morgan fingerprint density at radius 2 is 2.67 bits per heavy atom. The SMILES string of the molecule is O=C(NCc1ccon1)[C@@H]1CCCNC1. The summed E-state index contributed by atoms with van der Waals surface area (Å²) in [7, 11) is 0. The molecule has 1 atom stereocenters. The largest absolute Gasteiger partial charge is 0.364 e. The van der Waals surface area contributed by atoms with Crippen molar-refractivity contribution in [2.24, 2.45) is 5.92 Å². The lowest BCUT2D eigenvalue weighted by Gasteiger charge is -2.21. The van der Waals surface area contributed by atoms with E-state index < -0.39 is 0 Å². The van der Waals surface area contributed by atoms with Gasteiger partial charge in [0.1, 0.15) is 12.0 Å². The third kappa shape index (κ3) is 2.79. The van der Waals surface area contributed by atoms with Crippen molar-refractivity contribution in [2.45, 2.75) is 19.4 Å².